The molecule has 0 aliphatic heterocycles. The lowest BCUT2D eigenvalue weighted by Gasteiger charge is -2.27. The zero-order chi connectivity index (χ0) is 91.3. The highest BCUT2D eigenvalue weighted by atomic mass is 31.1. The molecule has 12 rings (SSSR count). The summed E-state index contributed by atoms with van der Waals surface area (Å²) >= 11 is 0. The van der Waals surface area contributed by atoms with E-state index in [-0.39, 0.29) is 16.2 Å². The highest BCUT2D eigenvalue weighted by Gasteiger charge is 2.27. The van der Waals surface area contributed by atoms with Gasteiger partial charge in [-0.1, -0.05) is 295 Å². The second-order valence-electron chi connectivity index (χ2n) is 35.0. The first-order valence-corrected chi connectivity index (χ1v) is 48.7. The fourth-order valence-corrected chi connectivity index (χ4v) is 22.6. The van der Waals surface area contributed by atoms with Crippen LogP contribution in [0, 0.1) is 69.2 Å². The maximum Gasteiger partial charge on any atom is 0.127 e. The number of aryl methyl sites for hydroxylation is 10. The van der Waals surface area contributed by atoms with Gasteiger partial charge in [-0.15, -0.1) is 0 Å². The molecular weight excluding hydrogens is 1640 g/mol. The molecule has 18 heteroatoms. The number of hydrogen-bond acceptors (Lipinski definition) is 12. The molecule has 0 aromatic heterocycles. The quantitative estimate of drug-likeness (QED) is 0.0257. The number of phenolic OH excluding ortho intramolecular Hbond substituents is 6. The molecule has 0 bridgehead atoms. The smallest absolute Gasteiger partial charge is 0.127 e. The van der Waals surface area contributed by atoms with Crippen molar-refractivity contribution in [3.63, 3.8) is 0 Å². The van der Waals surface area contributed by atoms with Gasteiger partial charge in [0.05, 0.1) is 0 Å². The Morgan fingerprint density at radius 2 is 0.524 bits per heavy atom. The third-order valence-corrected chi connectivity index (χ3v) is 30.7. The highest BCUT2D eigenvalue weighted by Crippen LogP contribution is 2.39. The van der Waals surface area contributed by atoms with Crippen molar-refractivity contribution < 1.29 is 30.6 Å². The van der Waals surface area contributed by atoms with Gasteiger partial charge in [0.2, 0.25) is 0 Å². The van der Waals surface area contributed by atoms with Crippen LogP contribution >= 0.6 is 51.5 Å². The molecule has 12 N–H and O–H groups in total. The summed E-state index contributed by atoms with van der Waals surface area (Å²) in [6.45, 7) is 45.6. The third-order valence-electron chi connectivity index (χ3n) is 21.2. The van der Waals surface area contributed by atoms with E-state index in [2.05, 4.69) is 301 Å². The van der Waals surface area contributed by atoms with Gasteiger partial charge in [0.1, 0.15) is 34.5 Å². The number of aromatic hydroxyl groups is 6. The normalized spacial score (nSPS) is 11.8. The van der Waals surface area contributed by atoms with Crippen LogP contribution in [0.25, 0.3) is 0 Å². The fourth-order valence-electron chi connectivity index (χ4n) is 14.4. The molecule has 0 aliphatic carbocycles. The van der Waals surface area contributed by atoms with Crippen molar-refractivity contribution in [2.24, 2.45) is 0 Å². The first kappa shape index (κ1) is 103. The minimum atomic E-state index is -0.0882. The Hall–Kier alpha value is -8.22. The third kappa shape index (κ3) is 30.2. The van der Waals surface area contributed by atoms with Crippen molar-refractivity contribution in [3.8, 4) is 34.5 Å². The van der Waals surface area contributed by atoms with Gasteiger partial charge < -0.3 is 62.5 Å². The van der Waals surface area contributed by atoms with Crippen molar-refractivity contribution in [2.75, 3.05) is 42.3 Å². The average Bonchev–Trinajstić information content (AvgIpc) is 0.785. The summed E-state index contributed by atoms with van der Waals surface area (Å²) in [7, 11) is 14.6. The minimum Gasteiger partial charge on any atom is -0.507 e. The van der Waals surface area contributed by atoms with Crippen molar-refractivity contribution in [1.29, 1.82) is 0 Å². The van der Waals surface area contributed by atoms with Gasteiger partial charge in [-0.2, -0.15) is 0 Å². The van der Waals surface area contributed by atoms with Gasteiger partial charge in [0, 0.05) is 82.2 Å². The van der Waals surface area contributed by atoms with Crippen molar-refractivity contribution in [3.05, 3.63) is 318 Å². The first-order chi connectivity index (χ1) is 58.8. The molecule has 660 valence electrons. The molecule has 6 unspecified atom stereocenters. The van der Waals surface area contributed by atoms with Gasteiger partial charge in [0.25, 0.3) is 0 Å². The Morgan fingerprint density at radius 1 is 0.226 bits per heavy atom. The van der Waals surface area contributed by atoms with Gasteiger partial charge >= 0.3 is 0 Å². The van der Waals surface area contributed by atoms with Crippen molar-refractivity contribution in [1.82, 2.24) is 31.9 Å². The van der Waals surface area contributed by atoms with E-state index in [0.29, 0.717) is 86.0 Å². The lowest BCUT2D eigenvalue weighted by Crippen LogP contribution is -2.21. The minimum absolute atomic E-state index is 0.0530. The molecule has 0 saturated heterocycles. The van der Waals surface area contributed by atoms with E-state index >= 15 is 0 Å². The van der Waals surface area contributed by atoms with Crippen molar-refractivity contribution >= 4 is 115 Å². The van der Waals surface area contributed by atoms with Crippen LogP contribution in [0.4, 0.5) is 0 Å². The summed E-state index contributed by atoms with van der Waals surface area (Å²) in [4.78, 5) is 0. The predicted molar refractivity (Wildman–Crippen MR) is 553 cm³/mol. The van der Waals surface area contributed by atoms with E-state index in [0.717, 1.165) is 93.3 Å². The monoisotopic (exact) mass is 1780 g/mol. The zero-order valence-electron chi connectivity index (χ0n) is 78.1. The molecular formula is C106H140N6O6P6. The number of hydrogen-bond donors (Lipinski definition) is 12. The fraction of sp³-hybridized carbons (Fsp3) is 0.321. The van der Waals surface area contributed by atoms with Crippen LogP contribution in [0.15, 0.2) is 212 Å². The van der Waals surface area contributed by atoms with E-state index in [1.54, 1.807) is 12.1 Å². The molecule has 0 aliphatic rings. The van der Waals surface area contributed by atoms with Gasteiger partial charge in [0.15, 0.2) is 0 Å². The van der Waals surface area contributed by atoms with Crippen LogP contribution in [0.5, 0.6) is 34.5 Å². The van der Waals surface area contributed by atoms with Gasteiger partial charge in [-0.3, -0.25) is 0 Å². The molecule has 6 atom stereocenters. The molecule has 0 radical (unpaired) electrons. The lowest BCUT2D eigenvalue weighted by molar-refractivity contribution is 0.448. The molecule has 124 heavy (non-hydrogen) atoms. The van der Waals surface area contributed by atoms with Gasteiger partial charge in [-0.25, -0.2) is 0 Å². The maximum absolute atomic E-state index is 11.0. The van der Waals surface area contributed by atoms with E-state index in [9.17, 15) is 30.6 Å². The van der Waals surface area contributed by atoms with E-state index in [4.69, 9.17) is 0 Å². The number of rotatable bonds is 24. The van der Waals surface area contributed by atoms with Crippen LogP contribution in [0.1, 0.15) is 168 Å². The summed E-state index contributed by atoms with van der Waals surface area (Å²) in [5.41, 5.74) is 23.0. The van der Waals surface area contributed by atoms with E-state index in [1.165, 1.54) is 115 Å². The lowest BCUT2D eigenvalue weighted by atomic mass is 9.80. The molecule has 0 heterocycles. The molecule has 0 saturated carbocycles. The summed E-state index contributed by atoms with van der Waals surface area (Å²) in [6, 6.07) is 72.5. The van der Waals surface area contributed by atoms with E-state index in [1.807, 2.05) is 105 Å². The number of para-hydroxylation sites is 2. The second kappa shape index (κ2) is 49.2. The van der Waals surface area contributed by atoms with E-state index < -0.39 is 0 Å². The SMILES string of the molecule is CNCc1cccc(C)c1Pc1cc(C)cc(C(C)(C)C)c1O.CNCc1cccc(C)c1Pc1cc(C)cc(C)c1O.CNCc1cccc(C)c1Pc1cc(C)ccc1O.CNCc1cccc(C)c1Pc1cccc(C)c1O.CNCc1cccc(C)c1Pc1ccccc1O.CNCc1ccccc1Pc1cc(C(C)(C)C)cc(C(C)(C)C)c1O. The molecule has 12 aromatic carbocycles. The Bertz CT molecular complexity index is 5440. The largest absolute Gasteiger partial charge is 0.507 e. The topological polar surface area (TPSA) is 194 Å². The summed E-state index contributed by atoms with van der Waals surface area (Å²) in [6.07, 6.45) is 0. The molecule has 0 fully saturated rings. The average molecular weight is 1780 g/mol. The molecule has 12 nitrogen and oxygen atoms in total. The summed E-state index contributed by atoms with van der Waals surface area (Å²) in [5.74, 6) is 2.56. The van der Waals surface area contributed by atoms with Crippen LogP contribution in [0.3, 0.4) is 0 Å². The second-order valence-corrected chi connectivity index (χ2v) is 42.8. The number of benzene rings is 12. The standard InChI is InChI=1S/C22H32NOP.C20H28NOP.C17H22NOP.2C16H20NOP.C15H18NOP/c1-21(2,3)16-12-17(22(4,5)6)20(24)19(13-16)25-18-11-9-8-10-15(18)14-23-7;1-13-10-16(20(3,4)5)18(22)17(11-13)23-19-14(2)8-7-9-15(19)12-21-6;1-11-8-13(3)16(19)15(9-11)20-17-12(2)6-5-7-14(17)10-18-4;1-11-6-5-9-14(15(11)18)19-16-12(2)7-4-8-13(16)10-17-3;1-11-7-8-14(18)15(9-11)19-16-12(2)5-4-6-13(16)10-17-3;1-11-6-5-7-12(10-16-2)15(11)18-14-9-4-3-8-13(14)17/h8-13,23-25H,14H2,1-7H3;7-11,21-23H,12H2,1-6H3;5-9,18-20H,10H2,1-4H3;2*4-9,17-19H,10H2,1-3H3;3-9,16-18H,10H2,1-2H3. The molecule has 0 amide bonds. The number of phenols is 6. The summed E-state index contributed by atoms with van der Waals surface area (Å²) in [5, 5.41) is 95.5. The Labute approximate surface area is 754 Å². The van der Waals surface area contributed by atoms with Gasteiger partial charge in [-0.05, 0) is 285 Å². The number of nitrogens with one attached hydrogen (secondary N) is 6. The Morgan fingerprint density at radius 3 is 0.935 bits per heavy atom. The highest BCUT2D eigenvalue weighted by molar-refractivity contribution is 7.57. The van der Waals surface area contributed by atoms with Crippen LogP contribution in [-0.4, -0.2) is 72.9 Å². The summed E-state index contributed by atoms with van der Waals surface area (Å²) < 4.78 is 0. The Kier molecular flexibility index (Phi) is 40.8. The van der Waals surface area contributed by atoms with Crippen LogP contribution < -0.4 is 95.6 Å². The molecule has 12 aromatic rings. The first-order valence-electron chi connectivity index (χ1n) is 42.7. The predicted octanol–water partition coefficient (Wildman–Crippen LogP) is 17.4. The maximum atomic E-state index is 11.0. The Balaban J connectivity index is 0.000000205. The zero-order valence-corrected chi connectivity index (χ0v) is 84.1. The van der Waals surface area contributed by atoms with Crippen LogP contribution in [-0.2, 0) is 55.5 Å². The van der Waals surface area contributed by atoms with Crippen molar-refractivity contribution in [2.45, 2.75) is 187 Å². The van der Waals surface area contributed by atoms with Crippen LogP contribution in [0.2, 0.25) is 0 Å². The molecule has 0 spiro atoms.